The largest absolute Gasteiger partial charge is 0.478 e. The summed E-state index contributed by atoms with van der Waals surface area (Å²) >= 11 is 0. The first kappa shape index (κ1) is 15.8. The number of ether oxygens (including phenoxy) is 1. The highest BCUT2D eigenvalue weighted by molar-refractivity contribution is 5.85. The van der Waals surface area contributed by atoms with Crippen LogP contribution in [0.5, 0.6) is 5.75 Å². The van der Waals surface area contributed by atoms with Gasteiger partial charge in [0.1, 0.15) is 5.75 Å². The SMILES string of the molecule is CCc1cccc(OC(C)(C)C(=O)N2CCC(N)CC2)c1. The third-order valence-corrected chi connectivity index (χ3v) is 4.02. The van der Waals surface area contributed by atoms with Crippen LogP contribution < -0.4 is 10.5 Å². The fourth-order valence-electron chi connectivity index (χ4n) is 2.65. The van der Waals surface area contributed by atoms with Gasteiger partial charge in [-0.05, 0) is 50.8 Å². The third kappa shape index (κ3) is 3.97. The normalized spacial score (nSPS) is 16.9. The lowest BCUT2D eigenvalue weighted by molar-refractivity contribution is -0.146. The number of amides is 1. The van der Waals surface area contributed by atoms with Gasteiger partial charge in [0.05, 0.1) is 0 Å². The number of carbonyl (C=O) groups is 1. The van der Waals surface area contributed by atoms with E-state index >= 15 is 0 Å². The lowest BCUT2D eigenvalue weighted by Gasteiger charge is -2.36. The molecule has 4 heteroatoms. The molecule has 116 valence electrons. The monoisotopic (exact) mass is 290 g/mol. The van der Waals surface area contributed by atoms with Gasteiger partial charge in [-0.1, -0.05) is 19.1 Å². The molecule has 0 spiro atoms. The van der Waals surface area contributed by atoms with E-state index in [4.69, 9.17) is 10.5 Å². The summed E-state index contributed by atoms with van der Waals surface area (Å²) < 4.78 is 5.96. The molecule has 0 radical (unpaired) electrons. The summed E-state index contributed by atoms with van der Waals surface area (Å²) in [6.07, 6.45) is 2.69. The Kier molecular flexibility index (Phi) is 4.88. The van der Waals surface area contributed by atoms with Crippen molar-refractivity contribution in [1.29, 1.82) is 0 Å². The number of carbonyl (C=O) groups excluding carboxylic acids is 1. The second-order valence-electron chi connectivity index (χ2n) is 6.24. The van der Waals surface area contributed by atoms with E-state index in [9.17, 15) is 4.79 Å². The fraction of sp³-hybridized carbons (Fsp3) is 0.588. The van der Waals surface area contributed by atoms with Crippen LogP contribution in [0, 0.1) is 0 Å². The van der Waals surface area contributed by atoms with Crippen molar-refractivity contribution in [2.24, 2.45) is 5.73 Å². The van der Waals surface area contributed by atoms with Gasteiger partial charge < -0.3 is 15.4 Å². The maximum atomic E-state index is 12.6. The summed E-state index contributed by atoms with van der Waals surface area (Å²) in [5, 5.41) is 0. The Morgan fingerprint density at radius 1 is 1.38 bits per heavy atom. The van der Waals surface area contributed by atoms with Crippen LogP contribution in [-0.2, 0) is 11.2 Å². The van der Waals surface area contributed by atoms with Crippen molar-refractivity contribution in [2.45, 2.75) is 51.7 Å². The molecule has 0 unspecified atom stereocenters. The van der Waals surface area contributed by atoms with Gasteiger partial charge in [-0.25, -0.2) is 0 Å². The van der Waals surface area contributed by atoms with Crippen LogP contribution in [0.3, 0.4) is 0 Å². The predicted octanol–water partition coefficient (Wildman–Crippen LogP) is 2.36. The molecule has 1 aromatic rings. The molecule has 1 amide bonds. The summed E-state index contributed by atoms with van der Waals surface area (Å²) in [6.45, 7) is 7.22. The summed E-state index contributed by atoms with van der Waals surface area (Å²) in [7, 11) is 0. The standard InChI is InChI=1S/C17H26N2O2/c1-4-13-6-5-7-15(12-13)21-17(2,3)16(20)19-10-8-14(18)9-11-19/h5-7,12,14H,4,8-11,18H2,1-3H3. The summed E-state index contributed by atoms with van der Waals surface area (Å²) in [5.41, 5.74) is 6.25. The number of aryl methyl sites for hydroxylation is 1. The van der Waals surface area contributed by atoms with Crippen molar-refractivity contribution in [2.75, 3.05) is 13.1 Å². The third-order valence-electron chi connectivity index (χ3n) is 4.02. The number of hydrogen-bond acceptors (Lipinski definition) is 3. The number of benzene rings is 1. The van der Waals surface area contributed by atoms with E-state index in [1.807, 2.05) is 36.9 Å². The van der Waals surface area contributed by atoms with Gasteiger partial charge in [0, 0.05) is 19.1 Å². The molecule has 0 aromatic heterocycles. The van der Waals surface area contributed by atoms with Crippen molar-refractivity contribution < 1.29 is 9.53 Å². The van der Waals surface area contributed by atoms with Crippen LogP contribution in [0.1, 0.15) is 39.2 Å². The highest BCUT2D eigenvalue weighted by Gasteiger charge is 2.35. The number of rotatable bonds is 4. The molecule has 0 saturated carbocycles. The molecule has 0 atom stereocenters. The molecule has 0 bridgehead atoms. The lowest BCUT2D eigenvalue weighted by atomic mass is 10.0. The van der Waals surface area contributed by atoms with Crippen LogP contribution >= 0.6 is 0 Å². The molecule has 4 nitrogen and oxygen atoms in total. The van der Waals surface area contributed by atoms with Gasteiger partial charge in [-0.3, -0.25) is 4.79 Å². The molecule has 1 aliphatic heterocycles. The summed E-state index contributed by atoms with van der Waals surface area (Å²) in [4.78, 5) is 14.5. The van der Waals surface area contributed by atoms with Gasteiger partial charge in [0.15, 0.2) is 5.60 Å². The smallest absolute Gasteiger partial charge is 0.266 e. The van der Waals surface area contributed by atoms with E-state index < -0.39 is 5.60 Å². The Labute approximate surface area is 127 Å². The molecule has 2 N–H and O–H groups in total. The minimum Gasteiger partial charge on any atom is -0.478 e. The number of nitrogens with zero attached hydrogens (tertiary/aromatic N) is 1. The maximum Gasteiger partial charge on any atom is 0.266 e. The van der Waals surface area contributed by atoms with E-state index in [2.05, 4.69) is 13.0 Å². The van der Waals surface area contributed by atoms with Gasteiger partial charge >= 0.3 is 0 Å². The van der Waals surface area contributed by atoms with E-state index in [0.717, 1.165) is 38.1 Å². The molecule has 1 heterocycles. The number of piperidine rings is 1. The first-order valence-electron chi connectivity index (χ1n) is 7.75. The van der Waals surface area contributed by atoms with E-state index in [1.54, 1.807) is 0 Å². The fourth-order valence-corrected chi connectivity index (χ4v) is 2.65. The molecule has 1 aromatic carbocycles. The highest BCUT2D eigenvalue weighted by atomic mass is 16.5. The van der Waals surface area contributed by atoms with Gasteiger partial charge in [0.25, 0.3) is 5.91 Å². The maximum absolute atomic E-state index is 12.6. The minimum atomic E-state index is -0.853. The molecule has 2 rings (SSSR count). The van der Waals surface area contributed by atoms with Crippen LogP contribution in [0.25, 0.3) is 0 Å². The zero-order chi connectivity index (χ0) is 15.5. The average Bonchev–Trinajstić information content (AvgIpc) is 2.47. The zero-order valence-electron chi connectivity index (χ0n) is 13.3. The summed E-state index contributed by atoms with van der Waals surface area (Å²) in [5.74, 6) is 0.790. The second kappa shape index (κ2) is 6.48. The lowest BCUT2D eigenvalue weighted by Crippen LogP contribution is -2.52. The Balaban J connectivity index is 2.04. The number of hydrogen-bond donors (Lipinski definition) is 1. The van der Waals surface area contributed by atoms with Gasteiger partial charge in [-0.15, -0.1) is 0 Å². The van der Waals surface area contributed by atoms with Crippen LogP contribution in [0.2, 0.25) is 0 Å². The van der Waals surface area contributed by atoms with Crippen LogP contribution in [-0.4, -0.2) is 35.5 Å². The quantitative estimate of drug-likeness (QED) is 0.926. The Bertz CT molecular complexity index is 491. The Morgan fingerprint density at radius 3 is 2.67 bits per heavy atom. The first-order valence-corrected chi connectivity index (χ1v) is 7.75. The predicted molar refractivity (Wildman–Crippen MR) is 84.3 cm³/mol. The van der Waals surface area contributed by atoms with E-state index in [-0.39, 0.29) is 11.9 Å². The molecule has 1 saturated heterocycles. The Morgan fingerprint density at radius 2 is 2.05 bits per heavy atom. The average molecular weight is 290 g/mol. The molecular formula is C17H26N2O2. The first-order chi connectivity index (χ1) is 9.92. The van der Waals surface area contributed by atoms with Crippen molar-refractivity contribution >= 4 is 5.91 Å². The Hall–Kier alpha value is -1.55. The van der Waals surface area contributed by atoms with Crippen molar-refractivity contribution in [3.05, 3.63) is 29.8 Å². The van der Waals surface area contributed by atoms with E-state index in [1.165, 1.54) is 5.56 Å². The molecule has 1 aliphatic rings. The minimum absolute atomic E-state index is 0.0382. The van der Waals surface area contributed by atoms with Crippen molar-refractivity contribution in [1.82, 2.24) is 4.90 Å². The van der Waals surface area contributed by atoms with E-state index in [0.29, 0.717) is 0 Å². The van der Waals surface area contributed by atoms with Gasteiger partial charge in [-0.2, -0.15) is 0 Å². The highest BCUT2D eigenvalue weighted by Crippen LogP contribution is 2.23. The molecule has 0 aliphatic carbocycles. The van der Waals surface area contributed by atoms with Crippen molar-refractivity contribution in [3.8, 4) is 5.75 Å². The number of nitrogens with two attached hydrogens (primary N) is 1. The van der Waals surface area contributed by atoms with Crippen LogP contribution in [0.4, 0.5) is 0 Å². The van der Waals surface area contributed by atoms with Crippen molar-refractivity contribution in [3.63, 3.8) is 0 Å². The van der Waals surface area contributed by atoms with Crippen LogP contribution in [0.15, 0.2) is 24.3 Å². The summed E-state index contributed by atoms with van der Waals surface area (Å²) in [6, 6.07) is 8.16. The molecule has 21 heavy (non-hydrogen) atoms. The zero-order valence-corrected chi connectivity index (χ0v) is 13.3. The molecular weight excluding hydrogens is 264 g/mol. The second-order valence-corrected chi connectivity index (χ2v) is 6.24. The topological polar surface area (TPSA) is 55.6 Å². The number of likely N-dealkylation sites (tertiary alicyclic amines) is 1. The molecule has 1 fully saturated rings. The van der Waals surface area contributed by atoms with Gasteiger partial charge in [0.2, 0.25) is 0 Å².